The second-order valence-electron chi connectivity index (χ2n) is 6.56. The van der Waals surface area contributed by atoms with Crippen LogP contribution in [-0.4, -0.2) is 60.2 Å². The standard InChI is InChI=1S/C20H27N3O4/c1-4-22(5-2)15-9-10-23(13-15)20(24)19-12-18(27-21-19)14-26-17-8-6-7-16(11-17)25-3/h6-8,11-12,15H,4-5,9-10,13-14H2,1-3H3. The normalized spacial score (nSPS) is 16.7. The average molecular weight is 373 g/mol. The Morgan fingerprint density at radius 2 is 2.07 bits per heavy atom. The summed E-state index contributed by atoms with van der Waals surface area (Å²) < 4.78 is 16.1. The Balaban J connectivity index is 1.56. The molecule has 1 fully saturated rings. The second-order valence-corrected chi connectivity index (χ2v) is 6.56. The van der Waals surface area contributed by atoms with Crippen LogP contribution in [0.25, 0.3) is 0 Å². The zero-order chi connectivity index (χ0) is 19.2. The molecule has 7 heteroatoms. The quantitative estimate of drug-likeness (QED) is 0.709. The molecule has 1 aliphatic heterocycles. The number of likely N-dealkylation sites (N-methyl/N-ethyl adjacent to an activating group) is 1. The van der Waals surface area contributed by atoms with E-state index in [2.05, 4.69) is 23.9 Å². The zero-order valence-corrected chi connectivity index (χ0v) is 16.2. The number of methoxy groups -OCH3 is 1. The van der Waals surface area contributed by atoms with E-state index in [0.29, 0.717) is 23.2 Å². The van der Waals surface area contributed by atoms with Gasteiger partial charge in [-0.3, -0.25) is 9.69 Å². The van der Waals surface area contributed by atoms with Gasteiger partial charge < -0.3 is 18.9 Å². The predicted octanol–water partition coefficient (Wildman–Crippen LogP) is 2.82. The Labute approximate surface area is 159 Å². The number of benzene rings is 1. The Morgan fingerprint density at radius 3 is 2.81 bits per heavy atom. The highest BCUT2D eigenvalue weighted by atomic mass is 16.5. The molecule has 1 aromatic heterocycles. The van der Waals surface area contributed by atoms with E-state index in [4.69, 9.17) is 14.0 Å². The number of carbonyl (C=O) groups is 1. The summed E-state index contributed by atoms with van der Waals surface area (Å²) in [6.07, 6.45) is 0.997. The summed E-state index contributed by atoms with van der Waals surface area (Å²) in [5.41, 5.74) is 0.333. The lowest BCUT2D eigenvalue weighted by atomic mass is 10.2. The van der Waals surface area contributed by atoms with Gasteiger partial charge in [-0.15, -0.1) is 0 Å². The molecule has 0 radical (unpaired) electrons. The fourth-order valence-corrected chi connectivity index (χ4v) is 3.45. The molecule has 1 aromatic carbocycles. The van der Waals surface area contributed by atoms with Crippen molar-refractivity contribution in [3.05, 3.63) is 41.8 Å². The highest BCUT2D eigenvalue weighted by molar-refractivity contribution is 5.92. The van der Waals surface area contributed by atoms with Gasteiger partial charge in [-0.05, 0) is 31.6 Å². The first-order valence-electron chi connectivity index (χ1n) is 9.40. The van der Waals surface area contributed by atoms with Crippen molar-refractivity contribution < 1.29 is 18.8 Å². The van der Waals surface area contributed by atoms with Crippen molar-refractivity contribution in [2.24, 2.45) is 0 Å². The molecule has 1 aliphatic rings. The van der Waals surface area contributed by atoms with Gasteiger partial charge in [0.15, 0.2) is 11.5 Å². The molecule has 0 bridgehead atoms. The molecular weight excluding hydrogens is 346 g/mol. The fourth-order valence-electron chi connectivity index (χ4n) is 3.45. The maximum absolute atomic E-state index is 12.7. The van der Waals surface area contributed by atoms with E-state index in [1.165, 1.54) is 0 Å². The molecule has 1 atom stereocenters. The number of amides is 1. The molecule has 0 aliphatic carbocycles. The summed E-state index contributed by atoms with van der Waals surface area (Å²) >= 11 is 0. The number of ether oxygens (including phenoxy) is 2. The molecule has 1 amide bonds. The van der Waals surface area contributed by atoms with E-state index in [1.807, 2.05) is 23.1 Å². The molecular formula is C20H27N3O4. The molecule has 27 heavy (non-hydrogen) atoms. The minimum Gasteiger partial charge on any atom is -0.497 e. The largest absolute Gasteiger partial charge is 0.497 e. The van der Waals surface area contributed by atoms with Crippen molar-refractivity contribution >= 4 is 5.91 Å². The molecule has 1 saturated heterocycles. The highest BCUT2D eigenvalue weighted by Crippen LogP contribution is 2.21. The van der Waals surface area contributed by atoms with E-state index in [0.717, 1.165) is 38.3 Å². The van der Waals surface area contributed by atoms with Crippen LogP contribution in [0.1, 0.15) is 36.5 Å². The van der Waals surface area contributed by atoms with Gasteiger partial charge in [0.2, 0.25) is 0 Å². The van der Waals surface area contributed by atoms with E-state index in [9.17, 15) is 4.79 Å². The first kappa shape index (κ1) is 19.2. The van der Waals surface area contributed by atoms with E-state index < -0.39 is 0 Å². The van der Waals surface area contributed by atoms with Gasteiger partial charge in [-0.25, -0.2) is 0 Å². The molecule has 0 N–H and O–H groups in total. The minimum absolute atomic E-state index is 0.0824. The van der Waals surface area contributed by atoms with Crippen LogP contribution in [0.15, 0.2) is 34.9 Å². The van der Waals surface area contributed by atoms with Crippen molar-refractivity contribution in [3.8, 4) is 11.5 Å². The van der Waals surface area contributed by atoms with Gasteiger partial charge >= 0.3 is 0 Å². The number of carbonyl (C=O) groups excluding carboxylic acids is 1. The molecule has 3 rings (SSSR count). The summed E-state index contributed by atoms with van der Waals surface area (Å²) in [6.45, 7) is 8.00. The van der Waals surface area contributed by atoms with Gasteiger partial charge in [-0.2, -0.15) is 0 Å². The third kappa shape index (κ3) is 4.60. The molecule has 2 heterocycles. The molecule has 0 spiro atoms. The van der Waals surface area contributed by atoms with Gasteiger partial charge in [0, 0.05) is 31.3 Å². The van der Waals surface area contributed by atoms with Gasteiger partial charge in [0.05, 0.1) is 7.11 Å². The lowest BCUT2D eigenvalue weighted by molar-refractivity contribution is 0.0767. The average Bonchev–Trinajstić information content (AvgIpc) is 3.37. The van der Waals surface area contributed by atoms with Gasteiger partial charge in [0.1, 0.15) is 18.1 Å². The van der Waals surface area contributed by atoms with Crippen LogP contribution in [-0.2, 0) is 6.61 Å². The molecule has 7 nitrogen and oxygen atoms in total. The molecule has 2 aromatic rings. The maximum Gasteiger partial charge on any atom is 0.276 e. The molecule has 146 valence electrons. The van der Waals surface area contributed by atoms with Crippen LogP contribution < -0.4 is 9.47 Å². The lowest BCUT2D eigenvalue weighted by Gasteiger charge is -2.25. The molecule has 0 saturated carbocycles. The third-order valence-electron chi connectivity index (χ3n) is 4.98. The van der Waals surface area contributed by atoms with E-state index in [-0.39, 0.29) is 12.5 Å². The van der Waals surface area contributed by atoms with Crippen LogP contribution in [0.2, 0.25) is 0 Å². The maximum atomic E-state index is 12.7. The topological polar surface area (TPSA) is 68.0 Å². The highest BCUT2D eigenvalue weighted by Gasteiger charge is 2.31. The number of aromatic nitrogens is 1. The van der Waals surface area contributed by atoms with Gasteiger partial charge in [0.25, 0.3) is 5.91 Å². The predicted molar refractivity (Wildman–Crippen MR) is 101 cm³/mol. The summed E-state index contributed by atoms with van der Waals surface area (Å²) in [6, 6.07) is 9.41. The number of rotatable bonds is 8. The van der Waals surface area contributed by atoms with Gasteiger partial charge in [-0.1, -0.05) is 25.1 Å². The Hall–Kier alpha value is -2.54. The van der Waals surface area contributed by atoms with Crippen LogP contribution in [0.3, 0.4) is 0 Å². The summed E-state index contributed by atoms with van der Waals surface area (Å²) in [5, 5.41) is 3.93. The first-order chi connectivity index (χ1) is 13.1. The molecule has 1 unspecified atom stereocenters. The smallest absolute Gasteiger partial charge is 0.276 e. The lowest BCUT2D eigenvalue weighted by Crippen LogP contribution is -2.38. The van der Waals surface area contributed by atoms with Crippen molar-refractivity contribution in [2.75, 3.05) is 33.3 Å². The number of likely N-dealkylation sites (tertiary alicyclic amines) is 1. The Bertz CT molecular complexity index is 757. The number of nitrogens with zero attached hydrogens (tertiary/aromatic N) is 3. The van der Waals surface area contributed by atoms with Crippen LogP contribution >= 0.6 is 0 Å². The Kier molecular flexibility index (Phi) is 6.34. The number of hydrogen-bond donors (Lipinski definition) is 0. The van der Waals surface area contributed by atoms with E-state index in [1.54, 1.807) is 19.2 Å². The SMILES string of the molecule is CCN(CC)C1CCN(C(=O)c2cc(COc3cccc(OC)c3)on2)C1. The van der Waals surface area contributed by atoms with Crippen molar-refractivity contribution in [2.45, 2.75) is 32.9 Å². The minimum atomic E-state index is -0.0824. The Morgan fingerprint density at radius 1 is 1.30 bits per heavy atom. The summed E-state index contributed by atoms with van der Waals surface area (Å²) in [5.74, 6) is 1.82. The van der Waals surface area contributed by atoms with Crippen molar-refractivity contribution in [1.29, 1.82) is 0 Å². The zero-order valence-electron chi connectivity index (χ0n) is 16.2. The van der Waals surface area contributed by atoms with Crippen LogP contribution in [0.5, 0.6) is 11.5 Å². The summed E-state index contributed by atoms with van der Waals surface area (Å²) in [7, 11) is 1.61. The van der Waals surface area contributed by atoms with Crippen molar-refractivity contribution in [3.63, 3.8) is 0 Å². The summed E-state index contributed by atoms with van der Waals surface area (Å²) in [4.78, 5) is 16.9. The monoisotopic (exact) mass is 373 g/mol. The van der Waals surface area contributed by atoms with Crippen LogP contribution in [0, 0.1) is 0 Å². The van der Waals surface area contributed by atoms with Crippen molar-refractivity contribution in [1.82, 2.24) is 15.0 Å². The second kappa shape index (κ2) is 8.90. The fraction of sp³-hybridized carbons (Fsp3) is 0.500. The third-order valence-corrected chi connectivity index (χ3v) is 4.98. The number of hydrogen-bond acceptors (Lipinski definition) is 6. The van der Waals surface area contributed by atoms with Crippen LogP contribution in [0.4, 0.5) is 0 Å². The van der Waals surface area contributed by atoms with E-state index >= 15 is 0 Å². The first-order valence-corrected chi connectivity index (χ1v) is 9.40.